The van der Waals surface area contributed by atoms with Gasteiger partial charge < -0.3 is 14.5 Å². The molecule has 1 aliphatic carbocycles. The second kappa shape index (κ2) is 6.71. The lowest BCUT2D eigenvalue weighted by molar-refractivity contribution is -0.137. The summed E-state index contributed by atoms with van der Waals surface area (Å²) in [6.45, 7) is 2.65. The Bertz CT molecular complexity index is 446. The minimum absolute atomic E-state index is 0.0657. The molecule has 0 N–H and O–H groups in total. The van der Waals surface area contributed by atoms with Crippen LogP contribution in [0, 0.1) is 0 Å². The molecule has 3 aliphatic rings. The van der Waals surface area contributed by atoms with Gasteiger partial charge in [-0.15, -0.1) is 0 Å². The number of ether oxygens (including phenoxy) is 1. The minimum Gasteiger partial charge on any atom is -0.369 e. The van der Waals surface area contributed by atoms with Crippen LogP contribution in [0.2, 0.25) is 0 Å². The van der Waals surface area contributed by atoms with E-state index in [1.54, 1.807) is 0 Å². The number of likely N-dealkylation sites (N-methyl/N-ethyl adjacent to an activating group) is 1. The number of amides is 1. The van der Waals surface area contributed by atoms with Gasteiger partial charge in [0, 0.05) is 18.7 Å². The van der Waals surface area contributed by atoms with Crippen LogP contribution in [0.4, 0.5) is 0 Å². The monoisotopic (exact) mass is 306 g/mol. The van der Waals surface area contributed by atoms with Crippen LogP contribution in [0.3, 0.4) is 0 Å². The van der Waals surface area contributed by atoms with Crippen molar-refractivity contribution in [2.45, 2.75) is 63.1 Å². The van der Waals surface area contributed by atoms with Gasteiger partial charge in [-0.2, -0.15) is 0 Å². The lowest BCUT2D eigenvalue weighted by Gasteiger charge is -2.39. The second-order valence-electron chi connectivity index (χ2n) is 7.53. The number of hydrogen-bond donors (Lipinski definition) is 0. The van der Waals surface area contributed by atoms with Gasteiger partial charge in [-0.3, -0.25) is 4.79 Å². The lowest BCUT2D eigenvalue weighted by Crippen LogP contribution is -2.46. The molecule has 3 rings (SSSR count). The van der Waals surface area contributed by atoms with Crippen molar-refractivity contribution in [2.75, 3.05) is 33.7 Å². The van der Waals surface area contributed by atoms with E-state index < -0.39 is 0 Å². The van der Waals surface area contributed by atoms with E-state index in [-0.39, 0.29) is 11.5 Å². The summed E-state index contributed by atoms with van der Waals surface area (Å²) >= 11 is 0. The van der Waals surface area contributed by atoms with Crippen LogP contribution >= 0.6 is 0 Å². The van der Waals surface area contributed by atoms with Crippen molar-refractivity contribution in [2.24, 2.45) is 0 Å². The Morgan fingerprint density at radius 1 is 1.36 bits per heavy atom. The third kappa shape index (κ3) is 3.54. The third-order valence-electron chi connectivity index (χ3n) is 5.31. The summed E-state index contributed by atoms with van der Waals surface area (Å²) in [4.78, 5) is 16.9. The Balaban J connectivity index is 1.61. The van der Waals surface area contributed by atoms with E-state index >= 15 is 0 Å². The van der Waals surface area contributed by atoms with Crippen molar-refractivity contribution in [3.63, 3.8) is 0 Å². The maximum atomic E-state index is 12.7. The molecular weight excluding hydrogens is 276 g/mol. The van der Waals surface area contributed by atoms with E-state index in [0.29, 0.717) is 6.10 Å². The zero-order valence-electron chi connectivity index (χ0n) is 14.1. The standard InChI is InChI=1S/C18H30N2O2/c1-19(2)13-16-9-6-10-18(22-16)11-12-20(14-18)17(21)15-7-4-3-5-8-15/h7,16H,3-6,8-14H2,1-2H3/t16-,18+/m0/s1. The largest absolute Gasteiger partial charge is 0.369 e. The number of likely N-dealkylation sites (tertiary alicyclic amines) is 1. The number of carbonyl (C=O) groups excluding carboxylic acids is 1. The van der Waals surface area contributed by atoms with Gasteiger partial charge in [0.25, 0.3) is 0 Å². The molecule has 2 heterocycles. The van der Waals surface area contributed by atoms with Crippen molar-refractivity contribution in [3.8, 4) is 0 Å². The zero-order chi connectivity index (χ0) is 15.6. The molecule has 4 heteroatoms. The Hall–Kier alpha value is -0.870. The average molecular weight is 306 g/mol. The molecular formula is C18H30N2O2. The second-order valence-corrected chi connectivity index (χ2v) is 7.53. The molecule has 0 aromatic carbocycles. The lowest BCUT2D eigenvalue weighted by atomic mass is 9.90. The number of nitrogens with zero attached hydrogens (tertiary/aromatic N) is 2. The molecule has 2 atom stereocenters. The average Bonchev–Trinajstić information content (AvgIpc) is 2.90. The van der Waals surface area contributed by atoms with Crippen molar-refractivity contribution < 1.29 is 9.53 Å². The predicted octanol–water partition coefficient (Wildman–Crippen LogP) is 2.59. The molecule has 124 valence electrons. The van der Waals surface area contributed by atoms with Gasteiger partial charge in [-0.1, -0.05) is 6.08 Å². The third-order valence-corrected chi connectivity index (χ3v) is 5.31. The highest BCUT2D eigenvalue weighted by Gasteiger charge is 2.44. The molecule has 0 aromatic heterocycles. The maximum absolute atomic E-state index is 12.7. The quantitative estimate of drug-likeness (QED) is 0.803. The van der Waals surface area contributed by atoms with Crippen molar-refractivity contribution in [3.05, 3.63) is 11.6 Å². The molecule has 2 saturated heterocycles. The molecule has 0 unspecified atom stereocenters. The molecule has 4 nitrogen and oxygen atoms in total. The molecule has 0 bridgehead atoms. The van der Waals surface area contributed by atoms with Crippen LogP contribution in [-0.2, 0) is 9.53 Å². The summed E-state index contributed by atoms with van der Waals surface area (Å²) in [5.74, 6) is 0.273. The highest BCUT2D eigenvalue weighted by molar-refractivity contribution is 5.93. The van der Waals surface area contributed by atoms with Gasteiger partial charge in [0.2, 0.25) is 5.91 Å². The molecule has 0 radical (unpaired) electrons. The van der Waals surface area contributed by atoms with Gasteiger partial charge in [-0.25, -0.2) is 0 Å². The summed E-state index contributed by atoms with van der Waals surface area (Å²) < 4.78 is 6.46. The summed E-state index contributed by atoms with van der Waals surface area (Å²) in [5.41, 5.74) is 0.980. The highest BCUT2D eigenvalue weighted by atomic mass is 16.5. The first kappa shape index (κ1) is 16.0. The topological polar surface area (TPSA) is 32.8 Å². The number of rotatable bonds is 3. The van der Waals surface area contributed by atoms with Gasteiger partial charge in [0.05, 0.1) is 18.2 Å². The van der Waals surface area contributed by atoms with Crippen LogP contribution in [0.25, 0.3) is 0 Å². The summed E-state index contributed by atoms with van der Waals surface area (Å²) in [7, 11) is 4.20. The van der Waals surface area contributed by atoms with E-state index in [1.807, 2.05) is 0 Å². The smallest absolute Gasteiger partial charge is 0.249 e. The SMILES string of the molecule is CN(C)C[C@@H]1CCC[C@]2(CCN(C(=O)C3=CCCCC3)C2)O1. The summed E-state index contributed by atoms with van der Waals surface area (Å²) in [6, 6.07) is 0. The summed E-state index contributed by atoms with van der Waals surface area (Å²) in [5, 5.41) is 0. The minimum atomic E-state index is -0.0657. The maximum Gasteiger partial charge on any atom is 0.249 e. The van der Waals surface area contributed by atoms with E-state index in [0.717, 1.165) is 63.7 Å². The fraction of sp³-hybridized carbons (Fsp3) is 0.833. The fourth-order valence-corrected chi connectivity index (χ4v) is 4.21. The van der Waals surface area contributed by atoms with E-state index in [2.05, 4.69) is 30.0 Å². The van der Waals surface area contributed by atoms with Crippen molar-refractivity contribution in [1.29, 1.82) is 0 Å². The molecule has 0 aromatic rings. The van der Waals surface area contributed by atoms with Crippen LogP contribution in [0.15, 0.2) is 11.6 Å². The van der Waals surface area contributed by atoms with Crippen LogP contribution < -0.4 is 0 Å². The molecule has 22 heavy (non-hydrogen) atoms. The molecule has 2 fully saturated rings. The van der Waals surface area contributed by atoms with Crippen LogP contribution in [0.1, 0.15) is 51.4 Å². The Morgan fingerprint density at radius 2 is 2.23 bits per heavy atom. The highest BCUT2D eigenvalue weighted by Crippen LogP contribution is 2.37. The van der Waals surface area contributed by atoms with E-state index in [4.69, 9.17) is 4.74 Å². The molecule has 2 aliphatic heterocycles. The molecule has 1 spiro atoms. The van der Waals surface area contributed by atoms with Crippen molar-refractivity contribution in [1.82, 2.24) is 9.80 Å². The Labute approximate surface area is 134 Å². The van der Waals surface area contributed by atoms with E-state index in [1.165, 1.54) is 12.8 Å². The first-order valence-electron chi connectivity index (χ1n) is 8.89. The summed E-state index contributed by atoms with van der Waals surface area (Å²) in [6.07, 6.45) is 11.4. The van der Waals surface area contributed by atoms with E-state index in [9.17, 15) is 4.79 Å². The van der Waals surface area contributed by atoms with Gasteiger partial charge in [0.1, 0.15) is 0 Å². The number of allylic oxidation sites excluding steroid dienone is 1. The predicted molar refractivity (Wildman–Crippen MR) is 87.8 cm³/mol. The first-order valence-corrected chi connectivity index (χ1v) is 8.89. The Morgan fingerprint density at radius 3 is 2.95 bits per heavy atom. The number of hydrogen-bond acceptors (Lipinski definition) is 3. The normalized spacial score (nSPS) is 32.6. The zero-order valence-corrected chi connectivity index (χ0v) is 14.1. The number of carbonyl (C=O) groups is 1. The van der Waals surface area contributed by atoms with Crippen molar-refractivity contribution >= 4 is 5.91 Å². The van der Waals surface area contributed by atoms with Gasteiger partial charge >= 0.3 is 0 Å². The molecule has 1 amide bonds. The Kier molecular flexibility index (Phi) is 4.88. The van der Waals surface area contributed by atoms with Gasteiger partial charge in [-0.05, 0) is 65.5 Å². The molecule has 0 saturated carbocycles. The van der Waals surface area contributed by atoms with Gasteiger partial charge in [0.15, 0.2) is 0 Å². The van der Waals surface area contributed by atoms with Crippen LogP contribution in [0.5, 0.6) is 0 Å². The van der Waals surface area contributed by atoms with Crippen LogP contribution in [-0.4, -0.2) is 61.1 Å². The fourth-order valence-electron chi connectivity index (χ4n) is 4.21. The first-order chi connectivity index (χ1) is 10.6.